The summed E-state index contributed by atoms with van der Waals surface area (Å²) in [6, 6.07) is 63.1. The zero-order chi connectivity index (χ0) is 37.5. The van der Waals surface area contributed by atoms with Gasteiger partial charge in [-0.15, -0.1) is 0 Å². The molecule has 1 N–H and O–H groups in total. The lowest BCUT2D eigenvalue weighted by Gasteiger charge is -2.23. The van der Waals surface area contributed by atoms with Crippen LogP contribution in [0.1, 0.15) is 22.9 Å². The van der Waals surface area contributed by atoms with E-state index in [1.807, 2.05) is 36.4 Å². The van der Waals surface area contributed by atoms with Gasteiger partial charge in [-0.1, -0.05) is 152 Å². The van der Waals surface area contributed by atoms with Crippen molar-refractivity contribution in [1.29, 1.82) is 0 Å². The summed E-state index contributed by atoms with van der Waals surface area (Å²) >= 11 is 0. The Kier molecular flexibility index (Phi) is 6.89. The molecule has 11 aromatic rings. The summed E-state index contributed by atoms with van der Waals surface area (Å²) in [4.78, 5) is 10.3. The Hall–Kier alpha value is -7.70. The first-order valence-corrected chi connectivity index (χ1v) is 19.2. The van der Waals surface area contributed by atoms with Gasteiger partial charge in [0.05, 0.1) is 27.7 Å². The van der Waals surface area contributed by atoms with Crippen molar-refractivity contribution < 1.29 is 8.83 Å². The van der Waals surface area contributed by atoms with Gasteiger partial charge in [-0.05, 0) is 35.9 Å². The maximum absolute atomic E-state index is 6.99. The molecule has 268 valence electrons. The number of aromatic nitrogens is 1. The van der Waals surface area contributed by atoms with E-state index in [0.29, 0.717) is 5.84 Å². The predicted molar refractivity (Wildman–Crippen MR) is 233 cm³/mol. The number of furan rings is 2. The zero-order valence-electron chi connectivity index (χ0n) is 30.6. The zero-order valence-corrected chi connectivity index (χ0v) is 30.6. The predicted octanol–water partition coefficient (Wildman–Crippen LogP) is 12.7. The van der Waals surface area contributed by atoms with Crippen molar-refractivity contribution in [3.05, 3.63) is 199 Å². The molecule has 0 amide bonds. The van der Waals surface area contributed by atoms with Crippen LogP contribution in [0.2, 0.25) is 0 Å². The van der Waals surface area contributed by atoms with Crippen LogP contribution < -0.4 is 5.32 Å². The fraction of sp³-hybridized carbons (Fsp3) is 0.0196. The smallest absolute Gasteiger partial charge is 0.163 e. The van der Waals surface area contributed by atoms with Crippen molar-refractivity contribution >= 4 is 77.4 Å². The van der Waals surface area contributed by atoms with Gasteiger partial charge < -0.3 is 18.7 Å². The molecule has 0 spiro atoms. The molecule has 0 aliphatic carbocycles. The molecule has 6 nitrogen and oxygen atoms in total. The Morgan fingerprint density at radius 3 is 1.70 bits per heavy atom. The molecule has 0 bridgehead atoms. The third-order valence-corrected chi connectivity index (χ3v) is 11.3. The quantitative estimate of drug-likeness (QED) is 0.192. The number of para-hydroxylation sites is 5. The van der Waals surface area contributed by atoms with Gasteiger partial charge in [-0.25, -0.2) is 9.98 Å². The van der Waals surface area contributed by atoms with Crippen molar-refractivity contribution in [1.82, 2.24) is 9.88 Å². The molecule has 4 heterocycles. The van der Waals surface area contributed by atoms with E-state index in [1.54, 1.807) is 0 Å². The minimum atomic E-state index is -0.317. The number of benzene rings is 8. The largest absolute Gasteiger partial charge is 0.455 e. The third kappa shape index (κ3) is 4.84. The summed E-state index contributed by atoms with van der Waals surface area (Å²) < 4.78 is 16.2. The molecule has 1 aliphatic heterocycles. The number of nitrogens with zero attached hydrogens (tertiary/aromatic N) is 3. The Labute approximate surface area is 326 Å². The Bertz CT molecular complexity index is 3390. The third-order valence-electron chi connectivity index (χ3n) is 11.3. The van der Waals surface area contributed by atoms with E-state index in [9.17, 15) is 0 Å². The monoisotopic (exact) mass is 732 g/mol. The van der Waals surface area contributed by atoms with Gasteiger partial charge in [-0.3, -0.25) is 0 Å². The van der Waals surface area contributed by atoms with Crippen LogP contribution in [0.5, 0.6) is 0 Å². The molecule has 1 atom stereocenters. The highest BCUT2D eigenvalue weighted by molar-refractivity contribution is 6.22. The van der Waals surface area contributed by atoms with E-state index < -0.39 is 0 Å². The second kappa shape index (κ2) is 12.4. The Morgan fingerprint density at radius 1 is 0.456 bits per heavy atom. The number of hydrogen-bond acceptors (Lipinski definition) is 5. The van der Waals surface area contributed by atoms with Gasteiger partial charge in [-0.2, -0.15) is 0 Å². The van der Waals surface area contributed by atoms with Crippen LogP contribution in [0.3, 0.4) is 0 Å². The lowest BCUT2D eigenvalue weighted by Crippen LogP contribution is -2.33. The van der Waals surface area contributed by atoms with Gasteiger partial charge >= 0.3 is 0 Å². The number of fused-ring (bicyclic) bond motifs is 9. The maximum Gasteiger partial charge on any atom is 0.163 e. The highest BCUT2D eigenvalue weighted by Crippen LogP contribution is 2.44. The minimum Gasteiger partial charge on any atom is -0.455 e. The number of aliphatic imine (C=N–C) groups is 2. The maximum atomic E-state index is 6.99. The van der Waals surface area contributed by atoms with E-state index in [2.05, 4.69) is 155 Å². The highest BCUT2D eigenvalue weighted by Gasteiger charge is 2.25. The molecule has 1 unspecified atom stereocenters. The molecule has 57 heavy (non-hydrogen) atoms. The molecular weight excluding hydrogens is 701 g/mol. The first-order valence-electron chi connectivity index (χ1n) is 19.2. The molecule has 0 saturated heterocycles. The van der Waals surface area contributed by atoms with Crippen molar-refractivity contribution in [2.45, 2.75) is 6.17 Å². The van der Waals surface area contributed by atoms with E-state index >= 15 is 0 Å². The van der Waals surface area contributed by atoms with Crippen LogP contribution in [0.25, 0.3) is 82.5 Å². The standard InChI is InChI=1S/C51H32N4O2/c1-3-15-31(16-4-1)49-52-50(32-17-5-2-6-18-32)54-51(53-49)40-26-13-24-38-36-22-11-21-35(46(36)57-48(38)40)37-23-12-25-39-45-43(29-14-30-44(45)56-47(37)39)55-41-27-9-7-19-33(41)34-20-8-10-28-42(34)55/h1-30,49H,(H,52,53,54). The summed E-state index contributed by atoms with van der Waals surface area (Å²) in [7, 11) is 0. The summed E-state index contributed by atoms with van der Waals surface area (Å²) in [5.74, 6) is 1.38. The summed E-state index contributed by atoms with van der Waals surface area (Å²) in [5.41, 5.74) is 11.4. The van der Waals surface area contributed by atoms with E-state index in [1.165, 1.54) is 10.8 Å². The van der Waals surface area contributed by atoms with Crippen LogP contribution in [0.15, 0.2) is 201 Å². The summed E-state index contributed by atoms with van der Waals surface area (Å²) in [5, 5.41) is 10.2. The number of amidine groups is 2. The van der Waals surface area contributed by atoms with Crippen molar-refractivity contribution in [2.75, 3.05) is 0 Å². The average molecular weight is 733 g/mol. The van der Waals surface area contributed by atoms with Gasteiger partial charge in [0.1, 0.15) is 34.3 Å². The lowest BCUT2D eigenvalue weighted by atomic mass is 9.99. The normalized spacial score (nSPS) is 14.5. The first kappa shape index (κ1) is 31.6. The van der Waals surface area contributed by atoms with E-state index in [0.717, 1.165) is 94.3 Å². The van der Waals surface area contributed by atoms with Crippen LogP contribution in [-0.2, 0) is 0 Å². The molecule has 3 aromatic heterocycles. The molecule has 12 rings (SSSR count). The minimum absolute atomic E-state index is 0.317. The fourth-order valence-electron chi connectivity index (χ4n) is 8.74. The molecular formula is C51H32N4O2. The second-order valence-corrected chi connectivity index (χ2v) is 14.5. The van der Waals surface area contributed by atoms with E-state index in [-0.39, 0.29) is 6.17 Å². The number of nitrogens with one attached hydrogen (secondary N) is 1. The summed E-state index contributed by atoms with van der Waals surface area (Å²) in [6.45, 7) is 0. The van der Waals surface area contributed by atoms with Gasteiger partial charge in [0.2, 0.25) is 0 Å². The van der Waals surface area contributed by atoms with Crippen molar-refractivity contribution in [3.63, 3.8) is 0 Å². The van der Waals surface area contributed by atoms with E-state index in [4.69, 9.17) is 18.8 Å². The van der Waals surface area contributed by atoms with Crippen molar-refractivity contribution in [3.8, 4) is 16.8 Å². The van der Waals surface area contributed by atoms with Crippen LogP contribution in [0, 0.1) is 0 Å². The molecule has 0 saturated carbocycles. The molecule has 0 radical (unpaired) electrons. The van der Waals surface area contributed by atoms with Crippen LogP contribution in [0.4, 0.5) is 0 Å². The average Bonchev–Trinajstić information content (AvgIpc) is 3.97. The fourth-order valence-corrected chi connectivity index (χ4v) is 8.74. The summed E-state index contributed by atoms with van der Waals surface area (Å²) in [6.07, 6.45) is -0.317. The van der Waals surface area contributed by atoms with Crippen LogP contribution in [-0.4, -0.2) is 16.2 Å². The van der Waals surface area contributed by atoms with Crippen LogP contribution >= 0.6 is 0 Å². The topological polar surface area (TPSA) is 68.0 Å². The van der Waals surface area contributed by atoms with Crippen molar-refractivity contribution in [2.24, 2.45) is 9.98 Å². The Balaban J connectivity index is 1.05. The first-order chi connectivity index (χ1) is 28.3. The molecule has 0 fully saturated rings. The van der Waals surface area contributed by atoms with Gasteiger partial charge in [0, 0.05) is 43.6 Å². The van der Waals surface area contributed by atoms with Gasteiger partial charge in [0.25, 0.3) is 0 Å². The highest BCUT2D eigenvalue weighted by atomic mass is 16.3. The van der Waals surface area contributed by atoms with Gasteiger partial charge in [0.15, 0.2) is 5.84 Å². The molecule has 6 heteroatoms. The second-order valence-electron chi connectivity index (χ2n) is 14.5. The number of rotatable bonds is 5. The lowest BCUT2D eigenvalue weighted by molar-refractivity contribution is 0.661. The molecule has 8 aromatic carbocycles. The Morgan fingerprint density at radius 2 is 1.00 bits per heavy atom. The molecule has 1 aliphatic rings. The SMILES string of the molecule is c1ccc(C2=NC(c3cccc4c3oc3c(-c5cccc6c5oc5cccc(-n7c8ccccc8c8ccccc87)c56)cccc34)=NC(c3ccccc3)N2)cc1. The number of hydrogen-bond donors (Lipinski definition) is 1.